The molecule has 0 aliphatic rings. The summed E-state index contributed by atoms with van der Waals surface area (Å²) in [5.41, 5.74) is 2.59. The van der Waals surface area contributed by atoms with Crippen LogP contribution in [0, 0.1) is 0 Å². The number of rotatable bonds is 14. The quantitative estimate of drug-likeness (QED) is 0.241. The first-order chi connectivity index (χ1) is 13.0. The van der Waals surface area contributed by atoms with Crippen LogP contribution < -0.4 is 4.89 Å². The van der Waals surface area contributed by atoms with Crippen molar-refractivity contribution in [1.82, 2.24) is 0 Å². The topological polar surface area (TPSA) is 76.0 Å². The van der Waals surface area contributed by atoms with Gasteiger partial charge in [0, 0.05) is 5.56 Å². The predicted molar refractivity (Wildman–Crippen MR) is 108 cm³/mol. The molecule has 2 N–H and O–H groups in total. The monoisotopic (exact) mass is 380 g/mol. The van der Waals surface area contributed by atoms with Gasteiger partial charge in [0.15, 0.2) is 5.75 Å². The second-order valence-corrected chi connectivity index (χ2v) is 7.01. The molecule has 154 valence electrons. The smallest absolute Gasteiger partial charge is 0.339 e. The Balaban J connectivity index is 3.30. The molecule has 0 aliphatic carbocycles. The van der Waals surface area contributed by atoms with Crippen LogP contribution >= 0.6 is 0 Å². The van der Waals surface area contributed by atoms with Gasteiger partial charge in [0.25, 0.3) is 0 Å². The Bertz CT molecular complexity index is 595. The average molecular weight is 381 g/mol. The van der Waals surface area contributed by atoms with Crippen LogP contribution in [0.25, 0.3) is 0 Å². The summed E-state index contributed by atoms with van der Waals surface area (Å²) >= 11 is 0. The van der Waals surface area contributed by atoms with E-state index in [1.54, 1.807) is 0 Å². The summed E-state index contributed by atoms with van der Waals surface area (Å²) in [6.45, 7) is 8.72. The zero-order valence-corrected chi connectivity index (χ0v) is 17.4. The number of carboxylic acids is 1. The lowest BCUT2D eigenvalue weighted by atomic mass is 9.87. The number of benzene rings is 1. The molecule has 5 heteroatoms. The Morgan fingerprint density at radius 1 is 0.815 bits per heavy atom. The van der Waals surface area contributed by atoms with E-state index in [4.69, 9.17) is 9.78 Å². The molecular weight excluding hydrogens is 344 g/mol. The average Bonchev–Trinajstić information content (AvgIpc) is 2.63. The SMILES string of the molecule is CCCCCCOOc1c(O)c(C(=O)O)c(CCC)c(CCC)c1CCC. The molecule has 0 bridgehead atoms. The molecule has 5 nitrogen and oxygen atoms in total. The second kappa shape index (κ2) is 12.6. The van der Waals surface area contributed by atoms with Gasteiger partial charge in [-0.05, 0) is 36.8 Å². The number of carboxylic acid groups (broad SMARTS) is 1. The van der Waals surface area contributed by atoms with Crippen LogP contribution in [0.3, 0.4) is 0 Å². The fraction of sp³-hybridized carbons (Fsp3) is 0.682. The van der Waals surface area contributed by atoms with Gasteiger partial charge in [-0.3, -0.25) is 0 Å². The van der Waals surface area contributed by atoms with Gasteiger partial charge in [-0.25, -0.2) is 4.79 Å². The molecule has 0 aromatic heterocycles. The maximum absolute atomic E-state index is 11.9. The van der Waals surface area contributed by atoms with Crippen molar-refractivity contribution in [1.29, 1.82) is 0 Å². The Morgan fingerprint density at radius 3 is 1.96 bits per heavy atom. The van der Waals surface area contributed by atoms with Crippen molar-refractivity contribution >= 4 is 5.97 Å². The van der Waals surface area contributed by atoms with Crippen molar-refractivity contribution in [3.63, 3.8) is 0 Å². The van der Waals surface area contributed by atoms with Crippen LogP contribution in [-0.2, 0) is 24.2 Å². The van der Waals surface area contributed by atoms with E-state index in [1.807, 2.05) is 6.92 Å². The van der Waals surface area contributed by atoms with E-state index in [0.29, 0.717) is 19.4 Å². The summed E-state index contributed by atoms with van der Waals surface area (Å²) in [7, 11) is 0. The van der Waals surface area contributed by atoms with Crippen molar-refractivity contribution in [2.24, 2.45) is 0 Å². The van der Waals surface area contributed by atoms with E-state index < -0.39 is 5.97 Å². The number of hydrogen-bond donors (Lipinski definition) is 2. The zero-order chi connectivity index (χ0) is 20.2. The highest BCUT2D eigenvalue weighted by Crippen LogP contribution is 2.41. The van der Waals surface area contributed by atoms with Crippen LogP contribution in [0.4, 0.5) is 0 Å². The molecule has 0 saturated heterocycles. The van der Waals surface area contributed by atoms with Gasteiger partial charge in [-0.2, -0.15) is 4.89 Å². The molecule has 0 amide bonds. The molecule has 0 fully saturated rings. The normalized spacial score (nSPS) is 11.0. The molecule has 1 rings (SSSR count). The second-order valence-electron chi connectivity index (χ2n) is 7.01. The third-order valence-electron chi connectivity index (χ3n) is 4.69. The van der Waals surface area contributed by atoms with Crippen LogP contribution in [0.5, 0.6) is 11.5 Å². The number of unbranched alkanes of at least 4 members (excludes halogenated alkanes) is 3. The lowest BCUT2D eigenvalue weighted by molar-refractivity contribution is -0.208. The standard InChI is InChI=1S/C22H36O5/c1-5-9-10-11-15-26-27-21-18(14-8-4)16(12-6-2)17(13-7-3)19(20(21)23)22(24)25/h23H,5-15H2,1-4H3,(H,24,25). The maximum Gasteiger partial charge on any atom is 0.339 e. The van der Waals surface area contributed by atoms with Gasteiger partial charge >= 0.3 is 5.97 Å². The van der Waals surface area contributed by atoms with Gasteiger partial charge in [-0.1, -0.05) is 66.2 Å². The third kappa shape index (κ3) is 6.42. The molecule has 27 heavy (non-hydrogen) atoms. The Labute approximate surface area is 163 Å². The minimum atomic E-state index is -1.12. The molecule has 0 saturated carbocycles. The van der Waals surface area contributed by atoms with Crippen LogP contribution in [-0.4, -0.2) is 22.8 Å². The lowest BCUT2D eigenvalue weighted by Gasteiger charge is -2.21. The number of hydrogen-bond acceptors (Lipinski definition) is 4. The van der Waals surface area contributed by atoms with Crippen molar-refractivity contribution in [3.05, 3.63) is 22.3 Å². The molecule has 1 aromatic carbocycles. The van der Waals surface area contributed by atoms with Crippen LogP contribution in [0.2, 0.25) is 0 Å². The summed E-state index contributed by atoms with van der Waals surface area (Å²) in [6.07, 6.45) is 8.91. The van der Waals surface area contributed by atoms with E-state index in [1.165, 1.54) is 0 Å². The minimum Gasteiger partial charge on any atom is -0.504 e. The summed E-state index contributed by atoms with van der Waals surface area (Å²) in [5, 5.41) is 20.4. The lowest BCUT2D eigenvalue weighted by Crippen LogP contribution is -2.13. The molecule has 0 aliphatic heterocycles. The van der Waals surface area contributed by atoms with E-state index in [9.17, 15) is 15.0 Å². The maximum atomic E-state index is 11.9. The number of phenols is 1. The number of carbonyl (C=O) groups is 1. The highest BCUT2D eigenvalue weighted by molar-refractivity contribution is 5.94. The Kier molecular flexibility index (Phi) is 10.9. The Morgan fingerprint density at radius 2 is 1.41 bits per heavy atom. The van der Waals surface area contributed by atoms with Gasteiger partial charge in [0.1, 0.15) is 5.56 Å². The molecule has 0 unspecified atom stereocenters. The van der Waals surface area contributed by atoms with Crippen molar-refractivity contribution < 1.29 is 24.8 Å². The van der Waals surface area contributed by atoms with Gasteiger partial charge in [-0.15, -0.1) is 0 Å². The van der Waals surface area contributed by atoms with E-state index in [0.717, 1.165) is 68.1 Å². The highest BCUT2D eigenvalue weighted by atomic mass is 17.2. The first-order valence-corrected chi connectivity index (χ1v) is 10.4. The fourth-order valence-electron chi connectivity index (χ4n) is 3.47. The van der Waals surface area contributed by atoms with Crippen LogP contribution in [0.1, 0.15) is 99.7 Å². The first kappa shape index (κ1) is 23.3. The van der Waals surface area contributed by atoms with E-state index in [2.05, 4.69) is 20.8 Å². The number of aromatic hydroxyl groups is 1. The fourth-order valence-corrected chi connectivity index (χ4v) is 3.47. The van der Waals surface area contributed by atoms with Crippen molar-refractivity contribution in [3.8, 4) is 11.5 Å². The van der Waals surface area contributed by atoms with Gasteiger partial charge in [0.2, 0.25) is 5.75 Å². The molecule has 0 heterocycles. The van der Waals surface area contributed by atoms with Crippen molar-refractivity contribution in [2.75, 3.05) is 6.61 Å². The molecule has 0 atom stereocenters. The minimum absolute atomic E-state index is 0.0373. The summed E-state index contributed by atoms with van der Waals surface area (Å²) in [5.74, 6) is -1.24. The van der Waals surface area contributed by atoms with Gasteiger partial charge in [0.05, 0.1) is 6.61 Å². The van der Waals surface area contributed by atoms with Gasteiger partial charge < -0.3 is 15.1 Å². The Hall–Kier alpha value is -1.75. The summed E-state index contributed by atoms with van der Waals surface area (Å²) in [6, 6.07) is 0. The third-order valence-corrected chi connectivity index (χ3v) is 4.69. The number of aromatic carboxylic acids is 1. The molecule has 1 aromatic rings. The predicted octanol–water partition coefficient (Wildman–Crippen LogP) is 5.84. The van der Waals surface area contributed by atoms with Crippen LogP contribution in [0.15, 0.2) is 0 Å². The highest BCUT2D eigenvalue weighted by Gasteiger charge is 2.28. The largest absolute Gasteiger partial charge is 0.504 e. The molecule has 0 radical (unpaired) electrons. The summed E-state index contributed by atoms with van der Waals surface area (Å²) in [4.78, 5) is 22.7. The molecular formula is C22H36O5. The first-order valence-electron chi connectivity index (χ1n) is 10.4. The zero-order valence-electron chi connectivity index (χ0n) is 17.4. The van der Waals surface area contributed by atoms with Crippen molar-refractivity contribution in [2.45, 2.75) is 91.9 Å². The van der Waals surface area contributed by atoms with E-state index in [-0.39, 0.29) is 17.1 Å². The summed E-state index contributed by atoms with van der Waals surface area (Å²) < 4.78 is 0. The van der Waals surface area contributed by atoms with E-state index >= 15 is 0 Å². The molecule has 0 spiro atoms.